The standard InChI is InChI=1S/C13H19NO3/c1-10(13(15)17-4)14(2)9-11-6-5-7-12(8-11)16-3/h5-8,10H,9H2,1-4H3. The van der Waals surface area contributed by atoms with Gasteiger partial charge in [-0.1, -0.05) is 12.1 Å². The number of esters is 1. The highest BCUT2D eigenvalue weighted by Crippen LogP contribution is 2.14. The Balaban J connectivity index is 2.66. The van der Waals surface area contributed by atoms with Crippen LogP contribution in [0.4, 0.5) is 0 Å². The topological polar surface area (TPSA) is 38.8 Å². The van der Waals surface area contributed by atoms with E-state index >= 15 is 0 Å². The molecule has 1 atom stereocenters. The first-order valence-electron chi connectivity index (χ1n) is 5.49. The van der Waals surface area contributed by atoms with Crippen LogP contribution in [0.25, 0.3) is 0 Å². The number of hydrogen-bond donors (Lipinski definition) is 0. The van der Waals surface area contributed by atoms with Crippen LogP contribution in [-0.4, -0.2) is 38.2 Å². The highest BCUT2D eigenvalue weighted by Gasteiger charge is 2.18. The van der Waals surface area contributed by atoms with Crippen LogP contribution in [0.15, 0.2) is 24.3 Å². The summed E-state index contributed by atoms with van der Waals surface area (Å²) in [6.07, 6.45) is 0. The lowest BCUT2D eigenvalue weighted by Gasteiger charge is -2.22. The van der Waals surface area contributed by atoms with Gasteiger partial charge < -0.3 is 9.47 Å². The number of carbonyl (C=O) groups is 1. The molecule has 1 unspecified atom stereocenters. The number of methoxy groups -OCH3 is 2. The molecule has 94 valence electrons. The third-order valence-electron chi connectivity index (χ3n) is 2.77. The zero-order valence-electron chi connectivity index (χ0n) is 10.8. The van der Waals surface area contributed by atoms with E-state index in [2.05, 4.69) is 0 Å². The molecule has 0 fully saturated rings. The first-order valence-corrected chi connectivity index (χ1v) is 5.49. The van der Waals surface area contributed by atoms with Crippen LogP contribution in [0.3, 0.4) is 0 Å². The summed E-state index contributed by atoms with van der Waals surface area (Å²) in [6, 6.07) is 7.54. The summed E-state index contributed by atoms with van der Waals surface area (Å²) in [5.41, 5.74) is 1.10. The summed E-state index contributed by atoms with van der Waals surface area (Å²) in [5.74, 6) is 0.594. The Morgan fingerprint density at radius 3 is 2.71 bits per heavy atom. The zero-order valence-corrected chi connectivity index (χ0v) is 10.8. The number of nitrogens with zero attached hydrogens (tertiary/aromatic N) is 1. The molecule has 17 heavy (non-hydrogen) atoms. The Morgan fingerprint density at radius 2 is 2.12 bits per heavy atom. The fraction of sp³-hybridized carbons (Fsp3) is 0.462. The molecule has 0 radical (unpaired) electrons. The molecule has 0 heterocycles. The average Bonchev–Trinajstić information content (AvgIpc) is 2.37. The minimum Gasteiger partial charge on any atom is -0.497 e. The van der Waals surface area contributed by atoms with Crippen LogP contribution < -0.4 is 4.74 Å². The van der Waals surface area contributed by atoms with E-state index in [4.69, 9.17) is 9.47 Å². The monoisotopic (exact) mass is 237 g/mol. The Hall–Kier alpha value is -1.55. The van der Waals surface area contributed by atoms with Gasteiger partial charge in [-0.2, -0.15) is 0 Å². The average molecular weight is 237 g/mol. The van der Waals surface area contributed by atoms with Crippen molar-refractivity contribution in [2.45, 2.75) is 19.5 Å². The number of ether oxygens (including phenoxy) is 2. The predicted octanol–water partition coefficient (Wildman–Crippen LogP) is 1.69. The number of carbonyl (C=O) groups excluding carboxylic acids is 1. The van der Waals surface area contributed by atoms with Crippen molar-refractivity contribution in [1.29, 1.82) is 0 Å². The van der Waals surface area contributed by atoms with Gasteiger partial charge in [-0.25, -0.2) is 0 Å². The van der Waals surface area contributed by atoms with E-state index in [0.717, 1.165) is 11.3 Å². The van der Waals surface area contributed by atoms with Crippen molar-refractivity contribution in [2.75, 3.05) is 21.3 Å². The van der Waals surface area contributed by atoms with Gasteiger partial charge in [0.2, 0.25) is 0 Å². The summed E-state index contributed by atoms with van der Waals surface area (Å²) in [5, 5.41) is 0. The van der Waals surface area contributed by atoms with Gasteiger partial charge in [0.05, 0.1) is 14.2 Å². The lowest BCUT2D eigenvalue weighted by molar-refractivity contribution is -0.145. The first-order chi connectivity index (χ1) is 8.08. The third-order valence-corrected chi connectivity index (χ3v) is 2.77. The van der Waals surface area contributed by atoms with Crippen LogP contribution in [0.1, 0.15) is 12.5 Å². The number of hydrogen-bond acceptors (Lipinski definition) is 4. The summed E-state index contributed by atoms with van der Waals surface area (Å²) in [7, 11) is 4.93. The second-order valence-electron chi connectivity index (χ2n) is 3.97. The van der Waals surface area contributed by atoms with Crippen molar-refractivity contribution >= 4 is 5.97 Å². The molecule has 1 rings (SSSR count). The largest absolute Gasteiger partial charge is 0.497 e. The summed E-state index contributed by atoms with van der Waals surface area (Å²) in [4.78, 5) is 13.3. The lowest BCUT2D eigenvalue weighted by atomic mass is 10.2. The van der Waals surface area contributed by atoms with Crippen molar-refractivity contribution in [3.05, 3.63) is 29.8 Å². The van der Waals surface area contributed by atoms with Gasteiger partial charge >= 0.3 is 5.97 Å². The van der Waals surface area contributed by atoms with Gasteiger partial charge in [0.1, 0.15) is 11.8 Å². The molecule has 1 aromatic carbocycles. The molecular formula is C13H19NO3. The number of rotatable bonds is 5. The summed E-state index contributed by atoms with van der Waals surface area (Å²) >= 11 is 0. The zero-order chi connectivity index (χ0) is 12.8. The minimum atomic E-state index is -0.258. The molecule has 0 amide bonds. The van der Waals surface area contributed by atoms with E-state index in [1.54, 1.807) is 7.11 Å². The number of likely N-dealkylation sites (N-methyl/N-ethyl adjacent to an activating group) is 1. The van der Waals surface area contributed by atoms with E-state index in [1.807, 2.05) is 43.1 Å². The molecule has 0 aromatic heterocycles. The molecule has 4 heteroatoms. The second kappa shape index (κ2) is 6.25. The molecule has 4 nitrogen and oxygen atoms in total. The SMILES string of the molecule is COC(=O)C(C)N(C)Cc1cccc(OC)c1. The van der Waals surface area contributed by atoms with Gasteiger partial charge in [-0.15, -0.1) is 0 Å². The van der Waals surface area contributed by atoms with Gasteiger partial charge in [0.25, 0.3) is 0 Å². The van der Waals surface area contributed by atoms with E-state index in [0.29, 0.717) is 6.54 Å². The Labute approximate surface area is 102 Å². The van der Waals surface area contributed by atoms with E-state index in [9.17, 15) is 4.79 Å². The summed E-state index contributed by atoms with van der Waals surface area (Å²) in [6.45, 7) is 2.50. The van der Waals surface area contributed by atoms with Gasteiger partial charge in [-0.05, 0) is 31.7 Å². The van der Waals surface area contributed by atoms with E-state index in [-0.39, 0.29) is 12.0 Å². The molecule has 0 aliphatic heterocycles. The van der Waals surface area contributed by atoms with E-state index < -0.39 is 0 Å². The van der Waals surface area contributed by atoms with Crippen molar-refractivity contribution in [3.8, 4) is 5.75 Å². The molecule has 0 saturated heterocycles. The van der Waals surface area contributed by atoms with Crippen LogP contribution in [0.5, 0.6) is 5.75 Å². The molecule has 1 aromatic rings. The smallest absolute Gasteiger partial charge is 0.322 e. The lowest BCUT2D eigenvalue weighted by Crippen LogP contribution is -2.36. The molecule has 0 spiro atoms. The molecule has 0 bridgehead atoms. The highest BCUT2D eigenvalue weighted by molar-refractivity contribution is 5.75. The Kier molecular flexibility index (Phi) is 4.97. The Bertz CT molecular complexity index is 379. The molecule has 0 aliphatic carbocycles. The fourth-order valence-electron chi connectivity index (χ4n) is 1.55. The van der Waals surface area contributed by atoms with Crippen LogP contribution >= 0.6 is 0 Å². The maximum Gasteiger partial charge on any atom is 0.322 e. The third kappa shape index (κ3) is 3.75. The number of benzene rings is 1. The molecular weight excluding hydrogens is 218 g/mol. The minimum absolute atomic E-state index is 0.226. The van der Waals surface area contributed by atoms with Crippen molar-refractivity contribution in [3.63, 3.8) is 0 Å². The summed E-state index contributed by atoms with van der Waals surface area (Å²) < 4.78 is 9.87. The van der Waals surface area contributed by atoms with Crippen LogP contribution in [0, 0.1) is 0 Å². The van der Waals surface area contributed by atoms with E-state index in [1.165, 1.54) is 7.11 Å². The van der Waals surface area contributed by atoms with Crippen LogP contribution in [0.2, 0.25) is 0 Å². The van der Waals surface area contributed by atoms with Gasteiger partial charge in [0.15, 0.2) is 0 Å². The predicted molar refractivity (Wildman–Crippen MR) is 65.9 cm³/mol. The van der Waals surface area contributed by atoms with Crippen LogP contribution in [-0.2, 0) is 16.1 Å². The second-order valence-corrected chi connectivity index (χ2v) is 3.97. The van der Waals surface area contributed by atoms with Crippen molar-refractivity contribution in [1.82, 2.24) is 4.90 Å². The Morgan fingerprint density at radius 1 is 1.41 bits per heavy atom. The molecule has 0 N–H and O–H groups in total. The van der Waals surface area contributed by atoms with Crippen molar-refractivity contribution in [2.24, 2.45) is 0 Å². The maximum absolute atomic E-state index is 11.4. The molecule has 0 aliphatic rings. The quantitative estimate of drug-likeness (QED) is 0.730. The normalized spacial score (nSPS) is 12.3. The fourth-order valence-corrected chi connectivity index (χ4v) is 1.55. The van der Waals surface area contributed by atoms with Gasteiger partial charge in [0, 0.05) is 6.54 Å². The first kappa shape index (κ1) is 13.5. The van der Waals surface area contributed by atoms with Crippen molar-refractivity contribution < 1.29 is 14.3 Å². The highest BCUT2D eigenvalue weighted by atomic mass is 16.5. The maximum atomic E-state index is 11.4. The van der Waals surface area contributed by atoms with Gasteiger partial charge in [-0.3, -0.25) is 9.69 Å². The molecule has 0 saturated carbocycles.